The Balaban J connectivity index is 0.00000150. The van der Waals surface area contributed by atoms with Gasteiger partial charge in [-0.25, -0.2) is 9.67 Å². The summed E-state index contributed by atoms with van der Waals surface area (Å²) in [5.74, 6) is 0.848. The smallest absolute Gasteiger partial charge is 0.242 e. The van der Waals surface area contributed by atoms with Gasteiger partial charge in [0.2, 0.25) is 11.8 Å². The van der Waals surface area contributed by atoms with Crippen LogP contribution in [-0.4, -0.2) is 57.9 Å². The highest BCUT2D eigenvalue weighted by Crippen LogP contribution is 2.30. The van der Waals surface area contributed by atoms with E-state index in [4.69, 9.17) is 9.72 Å². The molecule has 0 spiro atoms. The normalized spacial score (nSPS) is 20.8. The molecule has 0 saturated carbocycles. The van der Waals surface area contributed by atoms with E-state index < -0.39 is 0 Å². The fraction of sp³-hybridized carbons (Fsp3) is 0.650. The second kappa shape index (κ2) is 9.49. The molecule has 9 heteroatoms. The van der Waals surface area contributed by atoms with E-state index in [-0.39, 0.29) is 30.7 Å². The van der Waals surface area contributed by atoms with Crippen molar-refractivity contribution in [1.82, 2.24) is 25.0 Å². The highest BCUT2D eigenvalue weighted by molar-refractivity contribution is 5.86. The molecule has 4 heterocycles. The molecule has 2 aliphatic heterocycles. The second-order valence-electron chi connectivity index (χ2n) is 7.90. The van der Waals surface area contributed by atoms with Crippen molar-refractivity contribution >= 4 is 41.8 Å². The van der Waals surface area contributed by atoms with Crippen LogP contribution in [-0.2, 0) is 18.3 Å². The van der Waals surface area contributed by atoms with Crippen LogP contribution in [0.3, 0.4) is 0 Å². The lowest BCUT2D eigenvalue weighted by atomic mass is 9.99. The molecule has 2 bridgehead atoms. The van der Waals surface area contributed by atoms with Gasteiger partial charge in [0.05, 0.1) is 12.5 Å². The number of amides is 1. The summed E-state index contributed by atoms with van der Waals surface area (Å²) in [7, 11) is 3.51. The third-order valence-corrected chi connectivity index (χ3v) is 6.18. The van der Waals surface area contributed by atoms with Crippen molar-refractivity contribution in [3.63, 3.8) is 0 Å². The summed E-state index contributed by atoms with van der Waals surface area (Å²) in [5, 5.41) is 8.99. The number of rotatable bonds is 4. The molecular weight excluding hydrogens is 413 g/mol. The molecule has 0 radical (unpaired) electrons. The molecule has 2 atom stereocenters. The van der Waals surface area contributed by atoms with Gasteiger partial charge in [-0.2, -0.15) is 0 Å². The van der Waals surface area contributed by atoms with Crippen LogP contribution in [0.15, 0.2) is 0 Å². The Labute approximate surface area is 184 Å². The van der Waals surface area contributed by atoms with Crippen LogP contribution < -0.4 is 10.1 Å². The molecule has 2 saturated heterocycles. The minimum Gasteiger partial charge on any atom is -0.479 e. The predicted octanol–water partition coefficient (Wildman–Crippen LogP) is 2.72. The number of carbonyl (C=O) groups is 1. The zero-order valence-electron chi connectivity index (χ0n) is 17.5. The largest absolute Gasteiger partial charge is 0.479 e. The highest BCUT2D eigenvalue weighted by atomic mass is 35.5. The average molecular weight is 444 g/mol. The van der Waals surface area contributed by atoms with E-state index in [0.717, 1.165) is 47.4 Å². The van der Waals surface area contributed by atoms with E-state index in [2.05, 4.69) is 22.2 Å². The van der Waals surface area contributed by atoms with Crippen LogP contribution in [0.1, 0.15) is 42.5 Å². The minimum atomic E-state index is 0. The first-order chi connectivity index (χ1) is 13.0. The van der Waals surface area contributed by atoms with Crippen molar-refractivity contribution in [1.29, 1.82) is 0 Å². The molecule has 2 unspecified atom stereocenters. The van der Waals surface area contributed by atoms with E-state index >= 15 is 0 Å². The maximum absolute atomic E-state index is 12.9. The Morgan fingerprint density at radius 1 is 1.21 bits per heavy atom. The molecule has 7 nitrogen and oxygen atoms in total. The molecule has 2 aromatic heterocycles. The van der Waals surface area contributed by atoms with E-state index in [1.54, 1.807) is 11.8 Å². The lowest BCUT2D eigenvalue weighted by Gasteiger charge is -2.24. The molecule has 0 aromatic carbocycles. The van der Waals surface area contributed by atoms with Gasteiger partial charge in [-0.3, -0.25) is 4.79 Å². The monoisotopic (exact) mass is 443 g/mol. The number of fused-ring (bicyclic) bond motifs is 3. The number of nitrogens with one attached hydrogen (secondary N) is 1. The van der Waals surface area contributed by atoms with Gasteiger partial charge in [-0.15, -0.1) is 29.9 Å². The number of nitrogens with zero attached hydrogens (tertiary/aromatic N) is 4. The summed E-state index contributed by atoms with van der Waals surface area (Å²) in [6.45, 7) is 5.82. The van der Waals surface area contributed by atoms with Crippen LogP contribution in [0.4, 0.5) is 0 Å². The summed E-state index contributed by atoms with van der Waals surface area (Å²) >= 11 is 0. The summed E-state index contributed by atoms with van der Waals surface area (Å²) in [6.07, 6.45) is 4.74. The lowest BCUT2D eigenvalue weighted by molar-refractivity contribution is -0.131. The molecule has 1 N–H and O–H groups in total. The summed E-state index contributed by atoms with van der Waals surface area (Å²) < 4.78 is 7.19. The number of pyridine rings is 1. The van der Waals surface area contributed by atoms with Crippen molar-refractivity contribution in [2.45, 2.75) is 58.0 Å². The zero-order valence-corrected chi connectivity index (χ0v) is 19.2. The third-order valence-electron chi connectivity index (χ3n) is 6.18. The van der Waals surface area contributed by atoms with E-state index in [9.17, 15) is 4.79 Å². The van der Waals surface area contributed by atoms with Crippen molar-refractivity contribution in [2.24, 2.45) is 7.05 Å². The van der Waals surface area contributed by atoms with Gasteiger partial charge in [0, 0.05) is 44.3 Å². The van der Waals surface area contributed by atoms with Crippen LogP contribution in [0.2, 0.25) is 0 Å². The number of ether oxygens (including phenoxy) is 1. The topological polar surface area (TPSA) is 72.3 Å². The zero-order chi connectivity index (χ0) is 19.1. The van der Waals surface area contributed by atoms with Crippen LogP contribution in [0, 0.1) is 13.8 Å². The van der Waals surface area contributed by atoms with Crippen molar-refractivity contribution < 1.29 is 9.53 Å². The Morgan fingerprint density at radius 3 is 2.66 bits per heavy atom. The number of hydrogen-bond acceptors (Lipinski definition) is 5. The van der Waals surface area contributed by atoms with Crippen molar-refractivity contribution in [3.05, 3.63) is 16.8 Å². The number of methoxy groups -OCH3 is 1. The quantitative estimate of drug-likeness (QED) is 0.785. The first-order valence-electron chi connectivity index (χ1n) is 9.88. The molecule has 162 valence electrons. The van der Waals surface area contributed by atoms with E-state index in [0.29, 0.717) is 30.8 Å². The molecule has 4 rings (SSSR count). The summed E-state index contributed by atoms with van der Waals surface area (Å²) in [5.41, 5.74) is 4.05. The van der Waals surface area contributed by atoms with Crippen LogP contribution in [0.25, 0.3) is 11.0 Å². The van der Waals surface area contributed by atoms with E-state index in [1.807, 2.05) is 14.0 Å². The maximum atomic E-state index is 12.9. The Bertz CT molecular complexity index is 886. The van der Waals surface area contributed by atoms with Gasteiger partial charge in [-0.05, 0) is 50.7 Å². The SMILES string of the molecule is COc1nn(C)c2nc(C)c(CCC(=O)N3CCC4CCC(C3)N4)c(C)c12.Cl.Cl. The Kier molecular flexibility index (Phi) is 7.76. The number of aryl methyl sites for hydroxylation is 3. The number of carbonyl (C=O) groups excluding carboxylic acids is 1. The Morgan fingerprint density at radius 2 is 1.93 bits per heavy atom. The molecule has 1 amide bonds. The third kappa shape index (κ3) is 4.47. The average Bonchev–Trinajstić information content (AvgIpc) is 3.13. The van der Waals surface area contributed by atoms with Gasteiger partial charge >= 0.3 is 0 Å². The Hall–Kier alpha value is -1.57. The summed E-state index contributed by atoms with van der Waals surface area (Å²) in [4.78, 5) is 19.6. The standard InChI is InChI=1S/C20H29N5O2.2ClH/c1-12-16(13(2)21-19-18(12)20(27-4)23-24(19)3)7-8-17(26)25-10-9-14-5-6-15(11-25)22-14;;/h14-15,22H,5-11H2,1-4H3;2*1H. The lowest BCUT2D eigenvalue weighted by Crippen LogP contribution is -2.39. The molecule has 0 aliphatic carbocycles. The van der Waals surface area contributed by atoms with Crippen LogP contribution >= 0.6 is 24.8 Å². The first-order valence-corrected chi connectivity index (χ1v) is 9.88. The second-order valence-corrected chi connectivity index (χ2v) is 7.90. The predicted molar refractivity (Wildman–Crippen MR) is 118 cm³/mol. The molecule has 29 heavy (non-hydrogen) atoms. The fourth-order valence-electron chi connectivity index (χ4n) is 4.67. The summed E-state index contributed by atoms with van der Waals surface area (Å²) in [6, 6.07) is 1.07. The molecule has 2 aromatic rings. The van der Waals surface area contributed by atoms with Gasteiger partial charge in [0.15, 0.2) is 5.65 Å². The molecule has 2 fully saturated rings. The maximum Gasteiger partial charge on any atom is 0.242 e. The van der Waals surface area contributed by atoms with Gasteiger partial charge < -0.3 is 15.0 Å². The van der Waals surface area contributed by atoms with Gasteiger partial charge in [-0.1, -0.05) is 0 Å². The van der Waals surface area contributed by atoms with Crippen molar-refractivity contribution in [3.8, 4) is 5.88 Å². The number of hydrogen-bond donors (Lipinski definition) is 1. The molecular formula is C20H31Cl2N5O2. The fourth-order valence-corrected chi connectivity index (χ4v) is 4.67. The highest BCUT2D eigenvalue weighted by Gasteiger charge is 2.31. The van der Waals surface area contributed by atoms with Crippen LogP contribution in [0.5, 0.6) is 5.88 Å². The first kappa shape index (κ1) is 23.7. The number of halogens is 2. The van der Waals surface area contributed by atoms with Gasteiger partial charge in [0.1, 0.15) is 0 Å². The molecule has 2 aliphatic rings. The van der Waals surface area contributed by atoms with Crippen molar-refractivity contribution in [2.75, 3.05) is 20.2 Å². The minimum absolute atomic E-state index is 0. The van der Waals surface area contributed by atoms with Gasteiger partial charge in [0.25, 0.3) is 0 Å². The van der Waals surface area contributed by atoms with E-state index in [1.165, 1.54) is 12.8 Å². The number of likely N-dealkylation sites (tertiary alicyclic amines) is 1. The number of aromatic nitrogens is 3.